The third kappa shape index (κ3) is 2.90. The van der Waals surface area contributed by atoms with Crippen LogP contribution in [0.5, 0.6) is 0 Å². The number of nitrogens with zero attached hydrogens (tertiary/aromatic N) is 2. The summed E-state index contributed by atoms with van der Waals surface area (Å²) in [5.41, 5.74) is 0.188. The van der Waals surface area contributed by atoms with Crippen molar-refractivity contribution in [2.24, 2.45) is 5.92 Å². The number of benzene rings is 1. The number of aliphatic hydroxyl groups is 1. The largest absolute Gasteiger partial charge is 0.395 e. The molecule has 104 valence electrons. The fourth-order valence-corrected chi connectivity index (χ4v) is 2.61. The summed E-state index contributed by atoms with van der Waals surface area (Å²) in [4.78, 5) is 11.9. The Bertz CT molecular complexity index is 481. The van der Waals surface area contributed by atoms with Crippen LogP contribution < -0.4 is 0 Å². The van der Waals surface area contributed by atoms with Crippen molar-refractivity contribution in [2.75, 3.05) is 13.2 Å². The van der Waals surface area contributed by atoms with E-state index in [0.29, 0.717) is 18.0 Å². The normalized spacial score (nSPS) is 23.7. The minimum absolute atomic E-state index is 0.0800. The van der Waals surface area contributed by atoms with Crippen LogP contribution in [0.1, 0.15) is 18.9 Å². The predicted octanol–water partition coefficient (Wildman–Crippen LogP) is 1.94. The number of rotatable bonds is 4. The molecular weight excluding hydrogens is 251 g/mol. The van der Waals surface area contributed by atoms with Crippen molar-refractivity contribution in [3.05, 3.63) is 39.7 Å². The third-order valence-electron chi connectivity index (χ3n) is 3.78. The molecule has 0 spiro atoms. The second kappa shape index (κ2) is 5.63. The van der Waals surface area contributed by atoms with Crippen molar-refractivity contribution in [1.29, 1.82) is 0 Å². The number of aliphatic hydroxyl groups excluding tert-OH is 1. The Labute approximate surface area is 110 Å². The molecule has 0 saturated carbocycles. The molecule has 6 heteroatoms. The number of hydrogen-bond acceptors (Lipinski definition) is 4. The van der Waals surface area contributed by atoms with Gasteiger partial charge in [0, 0.05) is 18.7 Å². The van der Waals surface area contributed by atoms with E-state index in [4.69, 9.17) is 0 Å². The Hall–Kier alpha value is -1.53. The number of halogens is 1. The summed E-state index contributed by atoms with van der Waals surface area (Å²) < 4.78 is 13.5. The molecule has 1 aromatic rings. The lowest BCUT2D eigenvalue weighted by Gasteiger charge is -2.24. The van der Waals surface area contributed by atoms with Crippen LogP contribution in [0, 0.1) is 21.8 Å². The van der Waals surface area contributed by atoms with Gasteiger partial charge in [0.05, 0.1) is 11.5 Å². The van der Waals surface area contributed by atoms with Crippen LogP contribution in [0.25, 0.3) is 0 Å². The topological polar surface area (TPSA) is 66.6 Å². The van der Waals surface area contributed by atoms with Crippen molar-refractivity contribution in [3.63, 3.8) is 0 Å². The van der Waals surface area contributed by atoms with Gasteiger partial charge < -0.3 is 5.11 Å². The molecule has 1 fully saturated rings. The minimum atomic E-state index is -0.810. The summed E-state index contributed by atoms with van der Waals surface area (Å²) >= 11 is 0. The maximum absolute atomic E-state index is 13.5. The third-order valence-corrected chi connectivity index (χ3v) is 3.78. The van der Waals surface area contributed by atoms with Crippen LogP contribution in [0.2, 0.25) is 0 Å². The molecule has 1 aliphatic heterocycles. The predicted molar refractivity (Wildman–Crippen MR) is 68.1 cm³/mol. The summed E-state index contributed by atoms with van der Waals surface area (Å²) in [6.45, 7) is 3.52. The van der Waals surface area contributed by atoms with Crippen LogP contribution in [0.15, 0.2) is 18.2 Å². The summed E-state index contributed by atoms with van der Waals surface area (Å²) in [6, 6.07) is 4.05. The van der Waals surface area contributed by atoms with Gasteiger partial charge in [-0.25, -0.2) is 0 Å². The highest BCUT2D eigenvalue weighted by atomic mass is 19.1. The van der Waals surface area contributed by atoms with Crippen molar-refractivity contribution in [3.8, 4) is 0 Å². The van der Waals surface area contributed by atoms with Crippen molar-refractivity contribution >= 4 is 5.69 Å². The molecule has 0 radical (unpaired) electrons. The summed E-state index contributed by atoms with van der Waals surface area (Å²) in [5, 5.41) is 19.9. The Balaban J connectivity index is 2.12. The highest BCUT2D eigenvalue weighted by Crippen LogP contribution is 2.26. The number of hydrogen-bond donors (Lipinski definition) is 1. The fraction of sp³-hybridized carbons (Fsp3) is 0.538. The molecular formula is C13H17FN2O3. The van der Waals surface area contributed by atoms with E-state index in [1.165, 1.54) is 12.1 Å². The summed E-state index contributed by atoms with van der Waals surface area (Å²) in [7, 11) is 0. The molecule has 2 rings (SSSR count). The quantitative estimate of drug-likeness (QED) is 0.669. The Kier molecular flexibility index (Phi) is 4.11. The molecule has 0 aromatic heterocycles. The van der Waals surface area contributed by atoms with Gasteiger partial charge in [0.25, 0.3) is 0 Å². The van der Waals surface area contributed by atoms with Crippen LogP contribution in [0.4, 0.5) is 10.1 Å². The van der Waals surface area contributed by atoms with Gasteiger partial charge in [-0.3, -0.25) is 15.0 Å². The van der Waals surface area contributed by atoms with E-state index in [1.807, 2.05) is 0 Å². The summed E-state index contributed by atoms with van der Waals surface area (Å²) in [5.74, 6) is -0.400. The van der Waals surface area contributed by atoms with Gasteiger partial charge in [0.15, 0.2) is 0 Å². The van der Waals surface area contributed by atoms with E-state index in [0.717, 1.165) is 13.0 Å². The molecule has 1 heterocycles. The highest BCUT2D eigenvalue weighted by Gasteiger charge is 2.30. The zero-order chi connectivity index (χ0) is 14.0. The monoisotopic (exact) mass is 268 g/mol. The van der Waals surface area contributed by atoms with Crippen LogP contribution in [0.3, 0.4) is 0 Å². The first-order valence-electron chi connectivity index (χ1n) is 6.30. The minimum Gasteiger partial charge on any atom is -0.395 e. The van der Waals surface area contributed by atoms with E-state index in [1.54, 1.807) is 6.07 Å². The average molecular weight is 268 g/mol. The molecule has 1 aromatic carbocycles. The lowest BCUT2D eigenvalue weighted by atomic mass is 10.0. The number of nitro benzene ring substituents is 1. The van der Waals surface area contributed by atoms with E-state index >= 15 is 0 Å². The van der Waals surface area contributed by atoms with E-state index in [2.05, 4.69) is 11.8 Å². The van der Waals surface area contributed by atoms with Gasteiger partial charge in [-0.05, 0) is 30.5 Å². The molecule has 2 unspecified atom stereocenters. The van der Waals surface area contributed by atoms with Crippen LogP contribution >= 0.6 is 0 Å². The van der Waals surface area contributed by atoms with E-state index in [-0.39, 0.29) is 12.6 Å². The first-order valence-corrected chi connectivity index (χ1v) is 6.30. The average Bonchev–Trinajstić information content (AvgIpc) is 2.69. The fourth-order valence-electron chi connectivity index (χ4n) is 2.61. The first kappa shape index (κ1) is 13.9. The van der Waals surface area contributed by atoms with Gasteiger partial charge >= 0.3 is 5.69 Å². The molecule has 0 aliphatic carbocycles. The standard InChI is InChI=1S/C13H17FN2O3/c1-9-4-5-15(13(9)8-17)7-10-2-3-12(16(18)19)11(14)6-10/h2-3,6,9,13,17H,4-5,7-8H2,1H3. The second-order valence-corrected chi connectivity index (χ2v) is 5.03. The number of nitro groups is 1. The second-order valence-electron chi connectivity index (χ2n) is 5.03. The maximum Gasteiger partial charge on any atom is 0.304 e. The zero-order valence-electron chi connectivity index (χ0n) is 10.8. The Morgan fingerprint density at radius 1 is 1.58 bits per heavy atom. The van der Waals surface area contributed by atoms with E-state index in [9.17, 15) is 19.6 Å². The molecule has 1 saturated heterocycles. The highest BCUT2D eigenvalue weighted by molar-refractivity contribution is 5.35. The van der Waals surface area contributed by atoms with Crippen molar-refractivity contribution in [1.82, 2.24) is 4.90 Å². The maximum atomic E-state index is 13.5. The van der Waals surface area contributed by atoms with Gasteiger partial charge in [-0.2, -0.15) is 4.39 Å². The Morgan fingerprint density at radius 3 is 2.89 bits per heavy atom. The summed E-state index contributed by atoms with van der Waals surface area (Å²) in [6.07, 6.45) is 1.00. The van der Waals surface area contributed by atoms with Crippen LogP contribution in [-0.2, 0) is 6.54 Å². The molecule has 1 N–H and O–H groups in total. The SMILES string of the molecule is CC1CCN(Cc2ccc([N+](=O)[O-])c(F)c2)C1CO. The molecule has 1 aliphatic rings. The van der Waals surface area contributed by atoms with Gasteiger partial charge in [0.2, 0.25) is 5.82 Å². The van der Waals surface area contributed by atoms with E-state index < -0.39 is 16.4 Å². The van der Waals surface area contributed by atoms with Gasteiger partial charge in [-0.1, -0.05) is 13.0 Å². The molecule has 5 nitrogen and oxygen atoms in total. The van der Waals surface area contributed by atoms with Crippen molar-refractivity contribution in [2.45, 2.75) is 25.9 Å². The Morgan fingerprint density at radius 2 is 2.32 bits per heavy atom. The van der Waals surface area contributed by atoms with Gasteiger partial charge in [-0.15, -0.1) is 0 Å². The molecule has 19 heavy (non-hydrogen) atoms. The van der Waals surface area contributed by atoms with Crippen LogP contribution in [-0.4, -0.2) is 34.1 Å². The number of likely N-dealkylation sites (tertiary alicyclic amines) is 1. The van der Waals surface area contributed by atoms with Gasteiger partial charge in [0.1, 0.15) is 0 Å². The molecule has 0 amide bonds. The molecule has 2 atom stereocenters. The smallest absolute Gasteiger partial charge is 0.304 e. The van der Waals surface area contributed by atoms with Crippen molar-refractivity contribution < 1.29 is 14.4 Å². The first-order chi connectivity index (χ1) is 9.02. The molecule has 0 bridgehead atoms. The lowest BCUT2D eigenvalue weighted by molar-refractivity contribution is -0.387. The zero-order valence-corrected chi connectivity index (χ0v) is 10.8. The lowest BCUT2D eigenvalue weighted by Crippen LogP contribution is -2.34.